The standard InChI is InChI=1S/C8H14S/c1-3-5-7-9-8-6-4-2/h3,5,7H,1,4,6,8H2,2H3. The first-order valence-corrected chi connectivity index (χ1v) is 4.36. The van der Waals surface area contributed by atoms with E-state index in [9.17, 15) is 0 Å². The van der Waals surface area contributed by atoms with Crippen molar-refractivity contribution in [2.24, 2.45) is 0 Å². The highest BCUT2D eigenvalue weighted by Crippen LogP contribution is 2.04. The Bertz CT molecular complexity index is 84.6. The second-order valence-electron chi connectivity index (χ2n) is 1.79. The van der Waals surface area contributed by atoms with E-state index in [0.717, 1.165) is 0 Å². The molecule has 0 aliphatic rings. The Hall–Kier alpha value is -0.170. The largest absolute Gasteiger partial charge is 0.134 e. The van der Waals surface area contributed by atoms with Crippen LogP contribution < -0.4 is 0 Å². The fourth-order valence-corrected chi connectivity index (χ4v) is 1.22. The maximum absolute atomic E-state index is 3.58. The predicted molar refractivity (Wildman–Crippen MR) is 46.7 cm³/mol. The smallest absolute Gasteiger partial charge is 0.00261 e. The van der Waals surface area contributed by atoms with Gasteiger partial charge in [-0.15, -0.1) is 11.8 Å². The lowest BCUT2D eigenvalue weighted by atomic mass is 10.4. The molecule has 1 heteroatoms. The summed E-state index contributed by atoms with van der Waals surface area (Å²) in [5.74, 6) is 1.24. The van der Waals surface area contributed by atoms with Crippen molar-refractivity contribution in [2.45, 2.75) is 19.8 Å². The molecule has 0 aromatic rings. The van der Waals surface area contributed by atoms with Gasteiger partial charge in [0.05, 0.1) is 0 Å². The first-order valence-electron chi connectivity index (χ1n) is 3.31. The van der Waals surface area contributed by atoms with Crippen molar-refractivity contribution in [3.05, 3.63) is 24.1 Å². The van der Waals surface area contributed by atoms with Crippen LogP contribution in [0.4, 0.5) is 0 Å². The van der Waals surface area contributed by atoms with Gasteiger partial charge >= 0.3 is 0 Å². The van der Waals surface area contributed by atoms with E-state index in [-0.39, 0.29) is 0 Å². The van der Waals surface area contributed by atoms with Crippen molar-refractivity contribution in [3.8, 4) is 0 Å². The quantitative estimate of drug-likeness (QED) is 0.419. The highest BCUT2D eigenvalue weighted by atomic mass is 32.2. The molecule has 0 bridgehead atoms. The van der Waals surface area contributed by atoms with E-state index < -0.39 is 0 Å². The molecule has 52 valence electrons. The van der Waals surface area contributed by atoms with Gasteiger partial charge in [-0.05, 0) is 17.6 Å². The first-order chi connectivity index (χ1) is 4.41. The van der Waals surface area contributed by atoms with Crippen molar-refractivity contribution in [1.29, 1.82) is 0 Å². The van der Waals surface area contributed by atoms with Gasteiger partial charge in [0.15, 0.2) is 0 Å². The molecule has 0 amide bonds. The lowest BCUT2D eigenvalue weighted by Gasteiger charge is -1.89. The topological polar surface area (TPSA) is 0 Å². The number of hydrogen-bond donors (Lipinski definition) is 0. The van der Waals surface area contributed by atoms with Crippen LogP contribution in [0.5, 0.6) is 0 Å². The van der Waals surface area contributed by atoms with Crippen molar-refractivity contribution in [2.75, 3.05) is 5.75 Å². The zero-order valence-corrected chi connectivity index (χ0v) is 6.79. The van der Waals surface area contributed by atoms with Gasteiger partial charge < -0.3 is 0 Å². The molecule has 0 radical (unpaired) electrons. The third-order valence-electron chi connectivity index (χ3n) is 0.927. The minimum absolute atomic E-state index is 1.24. The zero-order valence-electron chi connectivity index (χ0n) is 5.97. The molecule has 0 heterocycles. The second-order valence-corrected chi connectivity index (χ2v) is 2.80. The van der Waals surface area contributed by atoms with Crippen LogP contribution in [-0.2, 0) is 0 Å². The third kappa shape index (κ3) is 7.83. The Morgan fingerprint density at radius 2 is 2.33 bits per heavy atom. The minimum atomic E-state index is 1.24. The van der Waals surface area contributed by atoms with E-state index in [2.05, 4.69) is 18.9 Å². The highest BCUT2D eigenvalue weighted by Gasteiger charge is 1.79. The molecule has 0 spiro atoms. The zero-order chi connectivity index (χ0) is 6.95. The molecule has 0 nitrogen and oxygen atoms in total. The van der Waals surface area contributed by atoms with Crippen molar-refractivity contribution >= 4 is 11.8 Å². The van der Waals surface area contributed by atoms with Gasteiger partial charge in [-0.2, -0.15) is 0 Å². The summed E-state index contributed by atoms with van der Waals surface area (Å²) in [4.78, 5) is 0. The molecule has 0 aromatic heterocycles. The minimum Gasteiger partial charge on any atom is -0.134 e. The number of hydrogen-bond acceptors (Lipinski definition) is 1. The van der Waals surface area contributed by atoms with Crippen LogP contribution in [0.15, 0.2) is 24.1 Å². The second kappa shape index (κ2) is 7.83. The van der Waals surface area contributed by atoms with Crippen LogP contribution in [0, 0.1) is 0 Å². The number of allylic oxidation sites excluding steroid dienone is 2. The van der Waals surface area contributed by atoms with Crippen LogP contribution in [0.2, 0.25) is 0 Å². The van der Waals surface area contributed by atoms with Crippen molar-refractivity contribution in [3.63, 3.8) is 0 Å². The third-order valence-corrected chi connectivity index (χ3v) is 1.80. The van der Waals surface area contributed by atoms with Crippen LogP contribution in [0.1, 0.15) is 19.8 Å². The highest BCUT2D eigenvalue weighted by molar-refractivity contribution is 8.02. The summed E-state index contributed by atoms with van der Waals surface area (Å²) < 4.78 is 0. The lowest BCUT2D eigenvalue weighted by Crippen LogP contribution is -1.71. The summed E-state index contributed by atoms with van der Waals surface area (Å²) in [5.41, 5.74) is 0. The molecular formula is C8H14S. The fraction of sp³-hybridized carbons (Fsp3) is 0.500. The number of unbranched alkanes of at least 4 members (excludes halogenated alkanes) is 1. The van der Waals surface area contributed by atoms with E-state index in [0.29, 0.717) is 0 Å². The average molecular weight is 142 g/mol. The van der Waals surface area contributed by atoms with E-state index in [1.807, 2.05) is 17.8 Å². The summed E-state index contributed by atoms with van der Waals surface area (Å²) in [6, 6.07) is 0. The molecule has 0 atom stereocenters. The molecule has 0 aromatic carbocycles. The molecule has 0 unspecified atom stereocenters. The van der Waals surface area contributed by atoms with E-state index in [1.54, 1.807) is 6.08 Å². The molecule has 0 fully saturated rings. The van der Waals surface area contributed by atoms with E-state index in [4.69, 9.17) is 0 Å². The van der Waals surface area contributed by atoms with Gasteiger partial charge in [0.1, 0.15) is 0 Å². The summed E-state index contributed by atoms with van der Waals surface area (Å²) in [6.45, 7) is 5.78. The van der Waals surface area contributed by atoms with E-state index >= 15 is 0 Å². The summed E-state index contributed by atoms with van der Waals surface area (Å²) in [6.07, 6.45) is 6.38. The van der Waals surface area contributed by atoms with Crippen LogP contribution >= 0.6 is 11.8 Å². The maximum atomic E-state index is 3.58. The van der Waals surface area contributed by atoms with Gasteiger partial charge in [-0.1, -0.05) is 32.1 Å². The molecule has 0 rings (SSSR count). The first kappa shape index (κ1) is 8.83. The predicted octanol–water partition coefficient (Wildman–Crippen LogP) is 3.22. The molecule has 0 saturated carbocycles. The summed E-state index contributed by atoms with van der Waals surface area (Å²) >= 11 is 1.85. The van der Waals surface area contributed by atoms with E-state index in [1.165, 1.54) is 18.6 Å². The fourth-order valence-electron chi connectivity index (χ4n) is 0.407. The molecular weight excluding hydrogens is 128 g/mol. The average Bonchev–Trinajstić information content (AvgIpc) is 1.89. The van der Waals surface area contributed by atoms with Crippen LogP contribution in [0.25, 0.3) is 0 Å². The van der Waals surface area contributed by atoms with Gasteiger partial charge in [0, 0.05) is 0 Å². The number of rotatable bonds is 5. The Morgan fingerprint density at radius 3 is 2.89 bits per heavy atom. The Balaban J connectivity index is 2.90. The van der Waals surface area contributed by atoms with Gasteiger partial charge in [0.25, 0.3) is 0 Å². The van der Waals surface area contributed by atoms with Crippen molar-refractivity contribution < 1.29 is 0 Å². The SMILES string of the molecule is C=CC=CSCCCC. The van der Waals surface area contributed by atoms with Gasteiger partial charge in [-0.25, -0.2) is 0 Å². The normalized spacial score (nSPS) is 10.3. The lowest BCUT2D eigenvalue weighted by molar-refractivity contribution is 0.898. The molecule has 0 saturated heterocycles. The molecule has 0 aliphatic heterocycles. The molecule has 9 heavy (non-hydrogen) atoms. The summed E-state index contributed by atoms with van der Waals surface area (Å²) in [5, 5.41) is 2.09. The molecule has 0 N–H and O–H groups in total. The van der Waals surface area contributed by atoms with Crippen LogP contribution in [0.3, 0.4) is 0 Å². The van der Waals surface area contributed by atoms with Crippen molar-refractivity contribution in [1.82, 2.24) is 0 Å². The number of thioether (sulfide) groups is 1. The Labute approximate surface area is 62.0 Å². The van der Waals surface area contributed by atoms with Crippen LogP contribution in [-0.4, -0.2) is 5.75 Å². The van der Waals surface area contributed by atoms with Gasteiger partial charge in [0.2, 0.25) is 0 Å². The Kier molecular flexibility index (Phi) is 7.68. The van der Waals surface area contributed by atoms with Gasteiger partial charge in [-0.3, -0.25) is 0 Å². The Morgan fingerprint density at radius 1 is 1.56 bits per heavy atom. The maximum Gasteiger partial charge on any atom is -0.00261 e. The monoisotopic (exact) mass is 142 g/mol. The molecule has 0 aliphatic carbocycles. The summed E-state index contributed by atoms with van der Waals surface area (Å²) in [7, 11) is 0.